The zero-order valence-corrected chi connectivity index (χ0v) is 12.3. The number of amides is 1. The number of halogens is 1. The molecule has 2 saturated heterocycles. The van der Waals surface area contributed by atoms with Crippen LogP contribution >= 0.6 is 11.6 Å². The molecule has 0 aromatic carbocycles. The van der Waals surface area contributed by atoms with Crippen molar-refractivity contribution < 1.29 is 14.6 Å². The highest BCUT2D eigenvalue weighted by Crippen LogP contribution is 2.34. The fourth-order valence-electron chi connectivity index (χ4n) is 3.87. The topological polar surface area (TPSA) is 75.8 Å². The zero-order valence-electron chi connectivity index (χ0n) is 11.6. The van der Waals surface area contributed by atoms with Gasteiger partial charge in [-0.1, -0.05) is 19.3 Å². The lowest BCUT2D eigenvalue weighted by molar-refractivity contribution is -0.136. The third-order valence-electron chi connectivity index (χ3n) is 5.00. The van der Waals surface area contributed by atoms with E-state index in [0.29, 0.717) is 6.54 Å². The van der Waals surface area contributed by atoms with E-state index in [1.54, 1.807) is 4.90 Å². The molecule has 0 aromatic rings. The molecule has 0 bridgehead atoms. The summed E-state index contributed by atoms with van der Waals surface area (Å²) >= 11 is 6.24. The van der Waals surface area contributed by atoms with Crippen molar-refractivity contribution in [3.63, 3.8) is 0 Å². The van der Waals surface area contributed by atoms with Crippen LogP contribution in [0.2, 0.25) is 0 Å². The smallest absolute Gasteiger partial charge is 0.240 e. The Balaban J connectivity index is 1.69. The second kappa shape index (κ2) is 5.79. The minimum Gasteiger partial charge on any atom is -0.388 e. The molecule has 0 radical (unpaired) electrons. The van der Waals surface area contributed by atoms with Crippen LogP contribution in [0.15, 0.2) is 0 Å². The van der Waals surface area contributed by atoms with E-state index >= 15 is 0 Å². The van der Waals surface area contributed by atoms with Crippen molar-refractivity contribution in [3.05, 3.63) is 0 Å². The SMILES string of the molecule is N[C@H](C(=O)N1C[C@H](Cl)[C@H]2OC[C@H](O)[C@H]21)C1CCCCC1. The first kappa shape index (κ1) is 14.6. The van der Waals surface area contributed by atoms with Gasteiger partial charge in [0.05, 0.1) is 30.2 Å². The average Bonchev–Trinajstić information content (AvgIpc) is 3.00. The minimum absolute atomic E-state index is 0.0698. The Bertz CT molecular complexity index is 375. The Morgan fingerprint density at radius 2 is 2.05 bits per heavy atom. The molecule has 0 unspecified atom stereocenters. The maximum atomic E-state index is 12.7. The van der Waals surface area contributed by atoms with Crippen molar-refractivity contribution in [2.45, 2.75) is 61.8 Å². The number of alkyl halides is 1. The lowest BCUT2D eigenvalue weighted by Gasteiger charge is -2.32. The van der Waals surface area contributed by atoms with E-state index in [1.165, 1.54) is 6.42 Å². The third-order valence-corrected chi connectivity index (χ3v) is 5.39. The standard InChI is InChI=1S/C14H23ClN2O3/c15-9-6-17(12-10(18)7-20-13(9)12)14(19)11(16)8-4-2-1-3-5-8/h8-13,18H,1-7,16H2/t9-,10-,11-,12+,13+/m0/s1. The van der Waals surface area contributed by atoms with Gasteiger partial charge in [0.25, 0.3) is 0 Å². The van der Waals surface area contributed by atoms with Crippen LogP contribution in [0, 0.1) is 5.92 Å². The normalized spacial score (nSPS) is 39.9. The summed E-state index contributed by atoms with van der Waals surface area (Å²) in [5.41, 5.74) is 6.19. The highest BCUT2D eigenvalue weighted by atomic mass is 35.5. The van der Waals surface area contributed by atoms with Gasteiger partial charge >= 0.3 is 0 Å². The number of carbonyl (C=O) groups excluding carboxylic acids is 1. The highest BCUT2D eigenvalue weighted by molar-refractivity contribution is 6.21. The van der Waals surface area contributed by atoms with Crippen LogP contribution in [0.3, 0.4) is 0 Å². The van der Waals surface area contributed by atoms with E-state index < -0.39 is 12.1 Å². The molecule has 3 N–H and O–H groups in total. The number of hydrogen-bond acceptors (Lipinski definition) is 4. The van der Waals surface area contributed by atoms with Crippen LogP contribution in [-0.4, -0.2) is 58.7 Å². The number of carbonyl (C=O) groups is 1. The molecule has 1 saturated carbocycles. The zero-order chi connectivity index (χ0) is 14.3. The number of aliphatic hydroxyl groups is 1. The van der Waals surface area contributed by atoms with Crippen LogP contribution in [0.1, 0.15) is 32.1 Å². The molecule has 1 amide bonds. The molecular weight excluding hydrogens is 280 g/mol. The van der Waals surface area contributed by atoms with Crippen LogP contribution in [0.4, 0.5) is 0 Å². The van der Waals surface area contributed by atoms with E-state index in [0.717, 1.165) is 25.7 Å². The molecule has 5 nitrogen and oxygen atoms in total. The predicted octanol–water partition coefficient (Wildman–Crippen LogP) is 0.472. The summed E-state index contributed by atoms with van der Waals surface area (Å²) < 4.78 is 5.49. The summed E-state index contributed by atoms with van der Waals surface area (Å²) in [6.45, 7) is 0.675. The number of likely N-dealkylation sites (tertiary alicyclic amines) is 1. The Labute approximate surface area is 124 Å². The Kier molecular flexibility index (Phi) is 4.22. The van der Waals surface area contributed by atoms with E-state index in [4.69, 9.17) is 22.1 Å². The number of nitrogens with two attached hydrogens (primary N) is 1. The first-order chi connectivity index (χ1) is 9.59. The van der Waals surface area contributed by atoms with Crippen molar-refractivity contribution in [1.29, 1.82) is 0 Å². The molecule has 6 heteroatoms. The maximum absolute atomic E-state index is 12.7. The lowest BCUT2D eigenvalue weighted by Crippen LogP contribution is -2.53. The quantitative estimate of drug-likeness (QED) is 0.727. The van der Waals surface area contributed by atoms with Gasteiger partial charge in [-0.25, -0.2) is 0 Å². The number of hydrogen-bond donors (Lipinski definition) is 2. The molecule has 0 aromatic heterocycles. The molecule has 2 aliphatic heterocycles. The monoisotopic (exact) mass is 302 g/mol. The van der Waals surface area contributed by atoms with Crippen LogP contribution in [0.25, 0.3) is 0 Å². The summed E-state index contributed by atoms with van der Waals surface area (Å²) in [5, 5.41) is 9.76. The second-order valence-corrected chi connectivity index (χ2v) is 6.85. The second-order valence-electron chi connectivity index (χ2n) is 6.29. The van der Waals surface area contributed by atoms with Gasteiger partial charge in [-0.15, -0.1) is 11.6 Å². The van der Waals surface area contributed by atoms with Gasteiger partial charge in [0.1, 0.15) is 6.10 Å². The fraction of sp³-hybridized carbons (Fsp3) is 0.929. The Morgan fingerprint density at radius 3 is 2.75 bits per heavy atom. The summed E-state index contributed by atoms with van der Waals surface area (Å²) in [6, 6.07) is -0.787. The lowest BCUT2D eigenvalue weighted by atomic mass is 9.83. The first-order valence-electron chi connectivity index (χ1n) is 7.59. The summed E-state index contributed by atoms with van der Waals surface area (Å²) in [4.78, 5) is 14.3. The average molecular weight is 303 g/mol. The third kappa shape index (κ3) is 2.45. The summed E-state index contributed by atoms with van der Waals surface area (Å²) in [6.07, 6.45) is 4.70. The van der Waals surface area contributed by atoms with Crippen LogP contribution < -0.4 is 5.73 Å². The van der Waals surface area contributed by atoms with Crippen molar-refractivity contribution in [1.82, 2.24) is 4.90 Å². The maximum Gasteiger partial charge on any atom is 0.240 e. The van der Waals surface area contributed by atoms with Gasteiger partial charge in [-0.2, -0.15) is 0 Å². The number of fused-ring (bicyclic) bond motifs is 1. The van der Waals surface area contributed by atoms with Gasteiger partial charge < -0.3 is 20.5 Å². The van der Waals surface area contributed by atoms with Gasteiger partial charge in [-0.3, -0.25) is 4.79 Å². The molecule has 3 rings (SSSR count). The van der Waals surface area contributed by atoms with E-state index in [1.807, 2.05) is 0 Å². The number of aliphatic hydroxyl groups excluding tert-OH is 1. The molecule has 2 heterocycles. The molecule has 20 heavy (non-hydrogen) atoms. The summed E-state index contributed by atoms with van der Waals surface area (Å²) in [5.74, 6) is 0.197. The van der Waals surface area contributed by atoms with Crippen LogP contribution in [-0.2, 0) is 9.53 Å². The molecule has 0 spiro atoms. The molecule has 3 aliphatic rings. The molecule has 3 fully saturated rings. The molecular formula is C14H23ClN2O3. The van der Waals surface area contributed by atoms with E-state index in [2.05, 4.69) is 0 Å². The van der Waals surface area contributed by atoms with Gasteiger partial charge in [-0.05, 0) is 18.8 Å². The van der Waals surface area contributed by atoms with Gasteiger partial charge in [0, 0.05) is 6.54 Å². The summed E-state index contributed by atoms with van der Waals surface area (Å²) in [7, 11) is 0. The van der Waals surface area contributed by atoms with Gasteiger partial charge in [0.15, 0.2) is 0 Å². The minimum atomic E-state index is -0.647. The Hall–Kier alpha value is -0.360. The van der Waals surface area contributed by atoms with E-state index in [-0.39, 0.29) is 36.0 Å². The molecule has 1 aliphatic carbocycles. The van der Waals surface area contributed by atoms with Crippen molar-refractivity contribution in [3.8, 4) is 0 Å². The fourth-order valence-corrected chi connectivity index (χ4v) is 4.24. The number of nitrogens with zero attached hydrogens (tertiary/aromatic N) is 1. The largest absolute Gasteiger partial charge is 0.388 e. The van der Waals surface area contributed by atoms with Crippen LogP contribution in [0.5, 0.6) is 0 Å². The Morgan fingerprint density at radius 1 is 1.35 bits per heavy atom. The van der Waals surface area contributed by atoms with Gasteiger partial charge in [0.2, 0.25) is 5.91 Å². The number of ether oxygens (including phenoxy) is 1. The highest BCUT2D eigenvalue weighted by Gasteiger charge is 2.52. The van der Waals surface area contributed by atoms with Crippen molar-refractivity contribution in [2.24, 2.45) is 11.7 Å². The molecule has 114 valence electrons. The number of rotatable bonds is 2. The predicted molar refractivity (Wildman–Crippen MR) is 75.4 cm³/mol. The van der Waals surface area contributed by atoms with Crippen molar-refractivity contribution in [2.75, 3.05) is 13.2 Å². The first-order valence-corrected chi connectivity index (χ1v) is 8.03. The van der Waals surface area contributed by atoms with E-state index in [9.17, 15) is 9.90 Å². The van der Waals surface area contributed by atoms with Crippen molar-refractivity contribution >= 4 is 17.5 Å². The molecule has 5 atom stereocenters.